The summed E-state index contributed by atoms with van der Waals surface area (Å²) in [6, 6.07) is 6.14. The Balaban J connectivity index is 1.47. The molecule has 2 heterocycles. The summed E-state index contributed by atoms with van der Waals surface area (Å²) in [5.41, 5.74) is 0.477. The van der Waals surface area contributed by atoms with E-state index in [0.717, 1.165) is 19.4 Å². The molecule has 0 saturated carbocycles. The van der Waals surface area contributed by atoms with E-state index in [-0.39, 0.29) is 30.4 Å². The van der Waals surface area contributed by atoms with Crippen molar-refractivity contribution in [1.82, 2.24) is 15.1 Å². The largest absolute Gasteiger partial charge is 0.373 e. The van der Waals surface area contributed by atoms with Crippen molar-refractivity contribution in [2.45, 2.75) is 38.3 Å². The number of hydrogen-bond donors (Lipinski definition) is 2. The van der Waals surface area contributed by atoms with Gasteiger partial charge in [0.2, 0.25) is 11.8 Å². The fourth-order valence-electron chi connectivity index (χ4n) is 3.00. The van der Waals surface area contributed by atoms with Gasteiger partial charge in [-0.25, -0.2) is 4.39 Å². The van der Waals surface area contributed by atoms with Gasteiger partial charge < -0.3 is 15.4 Å². The molecule has 1 aromatic carbocycles. The minimum absolute atomic E-state index is 0.0409. The SMILES string of the molecule is CC1(CNC(=O)Cn2cc(NC(=O)Cc3ccccc3F)cn2)CCCO1. The molecule has 7 nitrogen and oxygen atoms in total. The highest BCUT2D eigenvalue weighted by molar-refractivity contribution is 5.92. The van der Waals surface area contributed by atoms with Crippen LogP contribution in [0.3, 0.4) is 0 Å². The average Bonchev–Trinajstić information content (AvgIpc) is 3.25. The molecule has 144 valence electrons. The van der Waals surface area contributed by atoms with E-state index in [2.05, 4.69) is 15.7 Å². The van der Waals surface area contributed by atoms with Crippen molar-refractivity contribution >= 4 is 17.5 Å². The van der Waals surface area contributed by atoms with Crippen LogP contribution < -0.4 is 10.6 Å². The molecule has 0 spiro atoms. The third kappa shape index (κ3) is 5.37. The number of nitrogens with zero attached hydrogens (tertiary/aromatic N) is 2. The summed E-state index contributed by atoms with van der Waals surface area (Å²) in [6.07, 6.45) is 4.87. The quantitative estimate of drug-likeness (QED) is 0.775. The molecule has 27 heavy (non-hydrogen) atoms. The lowest BCUT2D eigenvalue weighted by Gasteiger charge is -2.23. The first-order valence-corrected chi connectivity index (χ1v) is 8.90. The van der Waals surface area contributed by atoms with Crippen LogP contribution in [0.15, 0.2) is 36.7 Å². The van der Waals surface area contributed by atoms with Gasteiger partial charge in [0.1, 0.15) is 12.4 Å². The number of halogens is 1. The predicted molar refractivity (Wildman–Crippen MR) is 97.6 cm³/mol. The van der Waals surface area contributed by atoms with E-state index in [1.807, 2.05) is 6.92 Å². The first-order valence-electron chi connectivity index (χ1n) is 8.90. The van der Waals surface area contributed by atoms with Crippen molar-refractivity contribution in [3.8, 4) is 0 Å². The Morgan fingerprint density at radius 1 is 1.33 bits per heavy atom. The van der Waals surface area contributed by atoms with Gasteiger partial charge in [0.05, 0.1) is 23.9 Å². The fraction of sp³-hybridized carbons (Fsp3) is 0.421. The smallest absolute Gasteiger partial charge is 0.241 e. The van der Waals surface area contributed by atoms with Crippen molar-refractivity contribution in [3.63, 3.8) is 0 Å². The molecule has 2 aromatic rings. The highest BCUT2D eigenvalue weighted by atomic mass is 19.1. The zero-order valence-electron chi connectivity index (χ0n) is 15.2. The highest BCUT2D eigenvalue weighted by Crippen LogP contribution is 2.23. The van der Waals surface area contributed by atoms with Crippen molar-refractivity contribution < 1.29 is 18.7 Å². The van der Waals surface area contributed by atoms with Crippen LogP contribution in [-0.4, -0.2) is 40.3 Å². The summed E-state index contributed by atoms with van der Waals surface area (Å²) >= 11 is 0. The fourth-order valence-corrected chi connectivity index (χ4v) is 3.00. The minimum atomic E-state index is -0.417. The number of carbonyl (C=O) groups excluding carboxylic acids is 2. The van der Waals surface area contributed by atoms with Crippen molar-refractivity contribution in [2.75, 3.05) is 18.5 Å². The van der Waals surface area contributed by atoms with Gasteiger partial charge in [-0.05, 0) is 31.4 Å². The first kappa shape index (κ1) is 19.0. The molecular formula is C19H23FN4O3. The van der Waals surface area contributed by atoms with Gasteiger partial charge in [0, 0.05) is 19.3 Å². The number of amides is 2. The molecule has 0 aliphatic carbocycles. The lowest BCUT2D eigenvalue weighted by atomic mass is 10.0. The molecule has 2 amide bonds. The molecule has 3 rings (SSSR count). The maximum absolute atomic E-state index is 13.6. The molecule has 1 aliphatic rings. The van der Waals surface area contributed by atoms with Crippen LogP contribution in [0.2, 0.25) is 0 Å². The van der Waals surface area contributed by atoms with E-state index < -0.39 is 5.82 Å². The van der Waals surface area contributed by atoms with Gasteiger partial charge in [-0.2, -0.15) is 5.10 Å². The lowest BCUT2D eigenvalue weighted by molar-refractivity contribution is -0.123. The molecule has 1 unspecified atom stereocenters. The van der Waals surface area contributed by atoms with Gasteiger partial charge in [-0.3, -0.25) is 14.3 Å². The van der Waals surface area contributed by atoms with E-state index >= 15 is 0 Å². The minimum Gasteiger partial charge on any atom is -0.373 e. The highest BCUT2D eigenvalue weighted by Gasteiger charge is 2.29. The maximum atomic E-state index is 13.6. The number of benzene rings is 1. The van der Waals surface area contributed by atoms with Crippen LogP contribution in [0.1, 0.15) is 25.3 Å². The number of ether oxygens (including phenoxy) is 1. The van der Waals surface area contributed by atoms with E-state index in [1.54, 1.807) is 24.4 Å². The van der Waals surface area contributed by atoms with Crippen molar-refractivity contribution in [3.05, 3.63) is 48.0 Å². The second-order valence-corrected chi connectivity index (χ2v) is 6.92. The second kappa shape index (κ2) is 8.30. The van der Waals surface area contributed by atoms with Crippen molar-refractivity contribution in [1.29, 1.82) is 0 Å². The van der Waals surface area contributed by atoms with Crippen LogP contribution in [0.25, 0.3) is 0 Å². The molecule has 8 heteroatoms. The van der Waals surface area contributed by atoms with Gasteiger partial charge in [0.15, 0.2) is 0 Å². The standard InChI is InChI=1S/C19H23FN4O3/c1-19(7-4-8-27-19)13-21-18(26)12-24-11-15(10-22-24)23-17(25)9-14-5-2-3-6-16(14)20/h2-3,5-6,10-11H,4,7-9,12-13H2,1H3,(H,21,26)(H,23,25). The Kier molecular flexibility index (Phi) is 5.85. The number of aromatic nitrogens is 2. The number of anilines is 1. The number of rotatable bonds is 7. The molecule has 1 atom stereocenters. The zero-order valence-corrected chi connectivity index (χ0v) is 15.2. The Hall–Kier alpha value is -2.74. The van der Waals surface area contributed by atoms with Crippen LogP contribution in [0.4, 0.5) is 10.1 Å². The number of nitrogens with one attached hydrogen (secondary N) is 2. The van der Waals surface area contributed by atoms with Gasteiger partial charge in [-0.1, -0.05) is 18.2 Å². The maximum Gasteiger partial charge on any atom is 0.241 e. The second-order valence-electron chi connectivity index (χ2n) is 6.92. The van der Waals surface area contributed by atoms with Crippen LogP contribution in [-0.2, 0) is 27.3 Å². The lowest BCUT2D eigenvalue weighted by Crippen LogP contribution is -2.41. The number of carbonyl (C=O) groups is 2. The Bertz CT molecular complexity index is 815. The molecule has 1 fully saturated rings. The van der Waals surface area contributed by atoms with Crippen molar-refractivity contribution in [2.24, 2.45) is 0 Å². The Morgan fingerprint density at radius 2 is 2.15 bits per heavy atom. The zero-order chi connectivity index (χ0) is 19.3. The molecule has 1 saturated heterocycles. The molecule has 1 aromatic heterocycles. The first-order chi connectivity index (χ1) is 12.9. The molecule has 2 N–H and O–H groups in total. The monoisotopic (exact) mass is 374 g/mol. The van der Waals surface area contributed by atoms with Gasteiger partial charge in [0.25, 0.3) is 0 Å². The molecule has 0 radical (unpaired) electrons. The summed E-state index contributed by atoms with van der Waals surface area (Å²) in [5.74, 6) is -0.950. The van der Waals surface area contributed by atoms with Gasteiger partial charge >= 0.3 is 0 Å². The molecular weight excluding hydrogens is 351 g/mol. The van der Waals surface area contributed by atoms with E-state index in [9.17, 15) is 14.0 Å². The molecule has 0 bridgehead atoms. The predicted octanol–water partition coefficient (Wildman–Crippen LogP) is 1.89. The van der Waals surface area contributed by atoms with E-state index in [1.165, 1.54) is 16.9 Å². The van der Waals surface area contributed by atoms with E-state index in [4.69, 9.17) is 4.74 Å². The van der Waals surface area contributed by atoms with Crippen LogP contribution in [0, 0.1) is 5.82 Å². The van der Waals surface area contributed by atoms with E-state index in [0.29, 0.717) is 17.8 Å². The summed E-state index contributed by atoms with van der Waals surface area (Å²) in [6.45, 7) is 3.21. The Labute approximate surface area is 156 Å². The van der Waals surface area contributed by atoms with Gasteiger partial charge in [-0.15, -0.1) is 0 Å². The number of hydrogen-bond acceptors (Lipinski definition) is 4. The third-order valence-corrected chi connectivity index (χ3v) is 4.49. The molecule has 1 aliphatic heterocycles. The summed E-state index contributed by atoms with van der Waals surface area (Å²) in [4.78, 5) is 24.1. The summed E-state index contributed by atoms with van der Waals surface area (Å²) in [7, 11) is 0. The Morgan fingerprint density at radius 3 is 2.89 bits per heavy atom. The average molecular weight is 374 g/mol. The third-order valence-electron chi connectivity index (χ3n) is 4.49. The summed E-state index contributed by atoms with van der Waals surface area (Å²) in [5, 5.41) is 9.57. The summed E-state index contributed by atoms with van der Waals surface area (Å²) < 4.78 is 20.7. The normalized spacial score (nSPS) is 19.0. The topological polar surface area (TPSA) is 85.3 Å². The van der Waals surface area contributed by atoms with Crippen LogP contribution >= 0.6 is 0 Å². The van der Waals surface area contributed by atoms with Crippen LogP contribution in [0.5, 0.6) is 0 Å².